The Balaban J connectivity index is 2.03. The molecule has 0 aliphatic carbocycles. The van der Waals surface area contributed by atoms with E-state index in [1.807, 2.05) is 30.3 Å². The number of fused-ring (bicyclic) bond motifs is 1. The van der Waals surface area contributed by atoms with Crippen molar-refractivity contribution in [2.75, 3.05) is 0 Å². The summed E-state index contributed by atoms with van der Waals surface area (Å²) in [5, 5.41) is 0. The van der Waals surface area contributed by atoms with Gasteiger partial charge in [-0.1, -0.05) is 30.3 Å². The second kappa shape index (κ2) is 4.08. The zero-order chi connectivity index (χ0) is 11.8. The van der Waals surface area contributed by atoms with E-state index in [4.69, 9.17) is 0 Å². The van der Waals surface area contributed by atoms with Gasteiger partial charge < -0.3 is 0 Å². The van der Waals surface area contributed by atoms with E-state index in [0.717, 1.165) is 22.5 Å². The summed E-state index contributed by atoms with van der Waals surface area (Å²) in [6, 6.07) is 13.3. The summed E-state index contributed by atoms with van der Waals surface area (Å²) in [7, 11) is 0. The average molecular weight is 290 g/mol. The molecule has 1 heterocycles. The van der Waals surface area contributed by atoms with Crippen LogP contribution in [0.2, 0.25) is 0 Å². The van der Waals surface area contributed by atoms with Gasteiger partial charge in [0.25, 0.3) is 0 Å². The fourth-order valence-electron chi connectivity index (χ4n) is 1.99. The van der Waals surface area contributed by atoms with Crippen molar-refractivity contribution >= 4 is 27.3 Å². The minimum atomic E-state index is -0.228. The Kier molecular flexibility index (Phi) is 2.56. The van der Waals surface area contributed by atoms with Gasteiger partial charge in [0.05, 0.1) is 15.9 Å². The molecule has 0 aromatic heterocycles. The molecule has 17 heavy (non-hydrogen) atoms. The minimum absolute atomic E-state index is 0.228. The van der Waals surface area contributed by atoms with E-state index in [1.165, 1.54) is 0 Å². The van der Waals surface area contributed by atoms with Crippen LogP contribution in [0.4, 0.5) is 10.1 Å². The van der Waals surface area contributed by atoms with Gasteiger partial charge in [-0.3, -0.25) is 4.99 Å². The maximum atomic E-state index is 13.4. The third-order valence-electron chi connectivity index (χ3n) is 2.84. The van der Waals surface area contributed by atoms with Gasteiger partial charge in [0.2, 0.25) is 0 Å². The molecule has 0 N–H and O–H groups in total. The van der Waals surface area contributed by atoms with Crippen LogP contribution < -0.4 is 0 Å². The first-order valence-electron chi connectivity index (χ1n) is 5.35. The summed E-state index contributed by atoms with van der Waals surface area (Å²) in [4.78, 5) is 4.54. The second-order valence-corrected chi connectivity index (χ2v) is 4.85. The van der Waals surface area contributed by atoms with E-state index < -0.39 is 0 Å². The Morgan fingerprint density at radius 3 is 2.65 bits per heavy atom. The highest BCUT2D eigenvalue weighted by molar-refractivity contribution is 9.10. The first-order valence-corrected chi connectivity index (χ1v) is 6.14. The number of nitrogens with zero attached hydrogens (tertiary/aromatic N) is 1. The Labute approximate surface area is 107 Å². The first kappa shape index (κ1) is 10.7. The third kappa shape index (κ3) is 1.91. The molecule has 0 fully saturated rings. The molecule has 0 radical (unpaired) electrons. The van der Waals surface area contributed by atoms with Gasteiger partial charge >= 0.3 is 0 Å². The van der Waals surface area contributed by atoms with E-state index >= 15 is 0 Å². The quantitative estimate of drug-likeness (QED) is 0.744. The van der Waals surface area contributed by atoms with E-state index in [-0.39, 0.29) is 5.82 Å². The van der Waals surface area contributed by atoms with Crippen molar-refractivity contribution in [3.05, 3.63) is 63.9 Å². The van der Waals surface area contributed by atoms with Crippen LogP contribution in [0.1, 0.15) is 11.1 Å². The van der Waals surface area contributed by atoms with Gasteiger partial charge in [-0.25, -0.2) is 4.39 Å². The number of rotatable bonds is 1. The molecule has 1 aliphatic rings. The zero-order valence-electron chi connectivity index (χ0n) is 8.95. The van der Waals surface area contributed by atoms with Crippen molar-refractivity contribution in [3.8, 4) is 0 Å². The van der Waals surface area contributed by atoms with Crippen molar-refractivity contribution in [2.45, 2.75) is 6.42 Å². The number of hydrogen-bond acceptors (Lipinski definition) is 1. The van der Waals surface area contributed by atoms with E-state index in [1.54, 1.807) is 12.1 Å². The summed E-state index contributed by atoms with van der Waals surface area (Å²) in [6.45, 7) is 0. The van der Waals surface area contributed by atoms with Gasteiger partial charge in [0.1, 0.15) is 5.82 Å². The molecule has 1 nitrogen and oxygen atoms in total. The highest BCUT2D eigenvalue weighted by Gasteiger charge is 2.17. The molecule has 0 atom stereocenters. The Morgan fingerprint density at radius 1 is 1.12 bits per heavy atom. The topological polar surface area (TPSA) is 12.4 Å². The molecule has 2 aromatic rings. The summed E-state index contributed by atoms with van der Waals surface area (Å²) in [5.74, 6) is -0.228. The van der Waals surface area contributed by atoms with Crippen LogP contribution in [-0.2, 0) is 6.42 Å². The Hall–Kier alpha value is -1.48. The SMILES string of the molecule is Fc1cc2c(cc1Br)N=C(c1ccccc1)C2. The Bertz CT molecular complexity index is 605. The number of hydrogen-bond donors (Lipinski definition) is 0. The first-order chi connectivity index (χ1) is 8.24. The highest BCUT2D eigenvalue weighted by atomic mass is 79.9. The maximum absolute atomic E-state index is 13.4. The predicted octanol–water partition coefficient (Wildman–Crippen LogP) is 4.27. The fraction of sp³-hybridized carbons (Fsp3) is 0.0714. The number of halogens is 2. The fourth-order valence-corrected chi connectivity index (χ4v) is 2.32. The summed E-state index contributed by atoms with van der Waals surface area (Å²) in [6.07, 6.45) is 0.698. The zero-order valence-corrected chi connectivity index (χ0v) is 10.5. The molecular weight excluding hydrogens is 281 g/mol. The molecule has 2 aromatic carbocycles. The van der Waals surface area contributed by atoms with Crippen LogP contribution >= 0.6 is 15.9 Å². The number of aliphatic imine (C=N–C) groups is 1. The summed E-state index contributed by atoms with van der Waals surface area (Å²) in [5.41, 5.74) is 3.90. The largest absolute Gasteiger partial charge is 0.252 e. The average Bonchev–Trinajstić information content (AvgIpc) is 2.74. The molecule has 84 valence electrons. The molecule has 0 bridgehead atoms. The van der Waals surface area contributed by atoms with E-state index in [9.17, 15) is 4.39 Å². The summed E-state index contributed by atoms with van der Waals surface area (Å²) < 4.78 is 13.9. The molecule has 0 saturated carbocycles. The number of benzene rings is 2. The lowest BCUT2D eigenvalue weighted by atomic mass is 10.0. The predicted molar refractivity (Wildman–Crippen MR) is 70.4 cm³/mol. The van der Waals surface area contributed by atoms with Crippen LogP contribution in [-0.4, -0.2) is 5.71 Å². The molecule has 1 aliphatic heterocycles. The summed E-state index contributed by atoms with van der Waals surface area (Å²) >= 11 is 3.18. The van der Waals surface area contributed by atoms with Gasteiger partial charge in [0, 0.05) is 6.42 Å². The van der Waals surface area contributed by atoms with Gasteiger partial charge in [-0.2, -0.15) is 0 Å². The molecule has 0 saturated heterocycles. The lowest BCUT2D eigenvalue weighted by Crippen LogP contribution is -1.99. The van der Waals surface area contributed by atoms with Gasteiger partial charge in [-0.05, 0) is 39.2 Å². The van der Waals surface area contributed by atoms with Crippen LogP contribution in [0, 0.1) is 5.82 Å². The smallest absolute Gasteiger partial charge is 0.137 e. The standard InChI is InChI=1S/C14H9BrFN/c15-11-8-14-10(6-12(11)16)7-13(17-14)9-4-2-1-3-5-9/h1-6,8H,7H2. The molecule has 3 heteroatoms. The van der Waals surface area contributed by atoms with Crippen molar-refractivity contribution in [1.29, 1.82) is 0 Å². The minimum Gasteiger partial charge on any atom is -0.252 e. The molecule has 0 amide bonds. The van der Waals surface area contributed by atoms with Gasteiger partial charge in [0.15, 0.2) is 0 Å². The molecule has 0 unspecified atom stereocenters. The normalized spacial score (nSPS) is 13.4. The lowest BCUT2D eigenvalue weighted by Gasteiger charge is -1.99. The van der Waals surface area contributed by atoms with Gasteiger partial charge in [-0.15, -0.1) is 0 Å². The van der Waals surface area contributed by atoms with E-state index in [0.29, 0.717) is 10.9 Å². The van der Waals surface area contributed by atoms with Crippen molar-refractivity contribution < 1.29 is 4.39 Å². The molecule has 3 rings (SSSR count). The van der Waals surface area contributed by atoms with E-state index in [2.05, 4.69) is 20.9 Å². The second-order valence-electron chi connectivity index (χ2n) is 4.00. The third-order valence-corrected chi connectivity index (χ3v) is 3.45. The molecular formula is C14H9BrFN. The monoisotopic (exact) mass is 289 g/mol. The highest BCUT2D eigenvalue weighted by Crippen LogP contribution is 2.33. The molecule has 0 spiro atoms. The maximum Gasteiger partial charge on any atom is 0.137 e. The van der Waals surface area contributed by atoms with Crippen molar-refractivity contribution in [2.24, 2.45) is 4.99 Å². The van der Waals surface area contributed by atoms with Crippen LogP contribution in [0.3, 0.4) is 0 Å². The van der Waals surface area contributed by atoms with Crippen molar-refractivity contribution in [3.63, 3.8) is 0 Å². The van der Waals surface area contributed by atoms with Crippen LogP contribution in [0.5, 0.6) is 0 Å². The van der Waals surface area contributed by atoms with Crippen LogP contribution in [0.15, 0.2) is 51.9 Å². The Morgan fingerprint density at radius 2 is 1.88 bits per heavy atom. The van der Waals surface area contributed by atoms with Crippen molar-refractivity contribution in [1.82, 2.24) is 0 Å². The lowest BCUT2D eigenvalue weighted by molar-refractivity contribution is 0.620. The van der Waals surface area contributed by atoms with Crippen LogP contribution in [0.25, 0.3) is 0 Å².